The molecule has 2 fully saturated rings. The predicted octanol–water partition coefficient (Wildman–Crippen LogP) is 1.66. The molecule has 3 rings (SSSR count). The van der Waals surface area contributed by atoms with Gasteiger partial charge in [-0.15, -0.1) is 0 Å². The molecule has 1 aliphatic heterocycles. The Kier molecular flexibility index (Phi) is 2.21. The SMILES string of the molecule is NCc1ccc(N2C(=O)C3CCC2C3)cc1. The van der Waals surface area contributed by atoms with E-state index < -0.39 is 0 Å². The summed E-state index contributed by atoms with van der Waals surface area (Å²) < 4.78 is 0. The number of fused-ring (bicyclic) bond motifs is 2. The molecule has 1 amide bonds. The van der Waals surface area contributed by atoms with E-state index in [-0.39, 0.29) is 0 Å². The van der Waals surface area contributed by atoms with Gasteiger partial charge in [0.1, 0.15) is 0 Å². The molecule has 1 saturated heterocycles. The van der Waals surface area contributed by atoms with Crippen LogP contribution in [0, 0.1) is 5.92 Å². The van der Waals surface area contributed by atoms with E-state index in [1.54, 1.807) is 0 Å². The number of hydrogen-bond donors (Lipinski definition) is 1. The van der Waals surface area contributed by atoms with Crippen molar-refractivity contribution in [1.82, 2.24) is 0 Å². The van der Waals surface area contributed by atoms with Crippen LogP contribution in [0.25, 0.3) is 0 Å². The highest BCUT2D eigenvalue weighted by atomic mass is 16.2. The first kappa shape index (κ1) is 9.85. The van der Waals surface area contributed by atoms with E-state index in [0.717, 1.165) is 30.5 Å². The molecule has 2 atom stereocenters. The number of benzene rings is 1. The number of carbonyl (C=O) groups excluding carboxylic acids is 1. The largest absolute Gasteiger partial charge is 0.326 e. The molecule has 1 aliphatic carbocycles. The summed E-state index contributed by atoms with van der Waals surface area (Å²) in [6.45, 7) is 0.556. The van der Waals surface area contributed by atoms with E-state index in [4.69, 9.17) is 5.73 Å². The van der Waals surface area contributed by atoms with Crippen molar-refractivity contribution in [2.24, 2.45) is 11.7 Å². The average molecular weight is 216 g/mol. The maximum Gasteiger partial charge on any atom is 0.230 e. The Hall–Kier alpha value is -1.35. The van der Waals surface area contributed by atoms with Gasteiger partial charge in [0.25, 0.3) is 0 Å². The number of anilines is 1. The molecule has 1 aromatic carbocycles. The Morgan fingerprint density at radius 2 is 2.00 bits per heavy atom. The minimum atomic E-state index is 0.291. The van der Waals surface area contributed by atoms with Gasteiger partial charge in [-0.25, -0.2) is 0 Å². The number of rotatable bonds is 2. The number of nitrogens with two attached hydrogens (primary N) is 1. The van der Waals surface area contributed by atoms with Gasteiger partial charge in [-0.05, 0) is 37.0 Å². The molecular formula is C13H16N2O. The molecule has 2 aliphatic rings. The van der Waals surface area contributed by atoms with E-state index in [2.05, 4.69) is 0 Å². The molecule has 0 aromatic heterocycles. The second kappa shape index (κ2) is 3.59. The van der Waals surface area contributed by atoms with Crippen LogP contribution in [0.4, 0.5) is 5.69 Å². The molecule has 1 heterocycles. The van der Waals surface area contributed by atoms with E-state index >= 15 is 0 Å². The third-order valence-corrected chi connectivity index (χ3v) is 3.81. The first-order valence-electron chi connectivity index (χ1n) is 5.91. The lowest BCUT2D eigenvalue weighted by atomic mass is 10.1. The standard InChI is InChI=1S/C13H16N2O/c14-8-9-1-4-11(5-2-9)15-12-6-3-10(7-12)13(15)16/h1-2,4-5,10,12H,3,6-8,14H2. The van der Waals surface area contributed by atoms with E-state index in [1.165, 1.54) is 0 Å². The minimum absolute atomic E-state index is 0.291. The van der Waals surface area contributed by atoms with Crippen LogP contribution in [0.5, 0.6) is 0 Å². The second-order valence-corrected chi connectivity index (χ2v) is 4.74. The molecule has 16 heavy (non-hydrogen) atoms. The van der Waals surface area contributed by atoms with E-state index in [9.17, 15) is 4.79 Å². The summed E-state index contributed by atoms with van der Waals surface area (Å²) >= 11 is 0. The fourth-order valence-electron chi connectivity index (χ4n) is 2.92. The summed E-state index contributed by atoms with van der Waals surface area (Å²) in [6, 6.07) is 8.49. The first-order chi connectivity index (χ1) is 7.79. The van der Waals surface area contributed by atoms with Crippen molar-refractivity contribution in [2.75, 3.05) is 4.90 Å². The molecule has 1 aromatic rings. The molecule has 3 nitrogen and oxygen atoms in total. The number of carbonyl (C=O) groups is 1. The highest BCUT2D eigenvalue weighted by molar-refractivity contribution is 5.98. The number of hydrogen-bond acceptors (Lipinski definition) is 2. The van der Waals surface area contributed by atoms with Gasteiger partial charge >= 0.3 is 0 Å². The molecule has 1 saturated carbocycles. The van der Waals surface area contributed by atoms with Gasteiger partial charge in [0.15, 0.2) is 0 Å². The number of piperidine rings is 1. The number of nitrogens with zero attached hydrogens (tertiary/aromatic N) is 1. The summed E-state index contributed by atoms with van der Waals surface area (Å²) in [4.78, 5) is 14.0. The predicted molar refractivity (Wildman–Crippen MR) is 62.9 cm³/mol. The highest BCUT2D eigenvalue weighted by Gasteiger charge is 2.45. The monoisotopic (exact) mass is 216 g/mol. The maximum absolute atomic E-state index is 12.0. The summed E-state index contributed by atoms with van der Waals surface area (Å²) in [5.41, 5.74) is 7.71. The van der Waals surface area contributed by atoms with Crippen molar-refractivity contribution in [3.05, 3.63) is 29.8 Å². The van der Waals surface area contributed by atoms with Gasteiger partial charge in [-0.1, -0.05) is 12.1 Å². The molecular weight excluding hydrogens is 200 g/mol. The molecule has 0 radical (unpaired) electrons. The topological polar surface area (TPSA) is 46.3 Å². The second-order valence-electron chi connectivity index (χ2n) is 4.74. The van der Waals surface area contributed by atoms with Gasteiger partial charge in [0, 0.05) is 24.2 Å². The Morgan fingerprint density at radius 1 is 1.25 bits per heavy atom. The van der Waals surface area contributed by atoms with Gasteiger partial charge in [0.2, 0.25) is 5.91 Å². The molecule has 3 heteroatoms. The van der Waals surface area contributed by atoms with Gasteiger partial charge in [-0.2, -0.15) is 0 Å². The Bertz CT molecular complexity index is 412. The zero-order chi connectivity index (χ0) is 11.1. The highest BCUT2D eigenvalue weighted by Crippen LogP contribution is 2.41. The van der Waals surface area contributed by atoms with Crippen molar-refractivity contribution in [3.63, 3.8) is 0 Å². The summed E-state index contributed by atoms with van der Waals surface area (Å²) in [5.74, 6) is 0.607. The quantitative estimate of drug-likeness (QED) is 0.817. The molecule has 2 N–H and O–H groups in total. The van der Waals surface area contributed by atoms with Crippen LogP contribution in [0.15, 0.2) is 24.3 Å². The lowest BCUT2D eigenvalue weighted by Gasteiger charge is -2.27. The third-order valence-electron chi connectivity index (χ3n) is 3.81. The van der Waals surface area contributed by atoms with Crippen LogP contribution < -0.4 is 10.6 Å². The van der Waals surface area contributed by atoms with Gasteiger partial charge in [0.05, 0.1) is 0 Å². The molecule has 0 spiro atoms. The van der Waals surface area contributed by atoms with Crippen LogP contribution in [0.1, 0.15) is 24.8 Å². The van der Waals surface area contributed by atoms with Crippen molar-refractivity contribution in [3.8, 4) is 0 Å². The Balaban J connectivity index is 1.89. The van der Waals surface area contributed by atoms with E-state index in [0.29, 0.717) is 24.4 Å². The van der Waals surface area contributed by atoms with Crippen LogP contribution in [0.3, 0.4) is 0 Å². The van der Waals surface area contributed by atoms with Crippen LogP contribution >= 0.6 is 0 Å². The molecule has 84 valence electrons. The van der Waals surface area contributed by atoms with Crippen molar-refractivity contribution >= 4 is 11.6 Å². The summed E-state index contributed by atoms with van der Waals surface area (Å²) in [7, 11) is 0. The van der Waals surface area contributed by atoms with Crippen LogP contribution in [-0.4, -0.2) is 11.9 Å². The van der Waals surface area contributed by atoms with Crippen molar-refractivity contribution < 1.29 is 4.79 Å². The molecule has 2 unspecified atom stereocenters. The van der Waals surface area contributed by atoms with E-state index in [1.807, 2.05) is 29.2 Å². The molecule has 2 bridgehead atoms. The zero-order valence-corrected chi connectivity index (χ0v) is 9.23. The minimum Gasteiger partial charge on any atom is -0.326 e. The average Bonchev–Trinajstić information content (AvgIpc) is 2.90. The summed E-state index contributed by atoms with van der Waals surface area (Å²) in [5, 5.41) is 0. The fourth-order valence-corrected chi connectivity index (χ4v) is 2.92. The lowest BCUT2D eigenvalue weighted by Crippen LogP contribution is -2.36. The summed E-state index contributed by atoms with van der Waals surface area (Å²) in [6.07, 6.45) is 3.30. The van der Waals surface area contributed by atoms with Crippen molar-refractivity contribution in [1.29, 1.82) is 0 Å². The normalized spacial score (nSPS) is 27.8. The smallest absolute Gasteiger partial charge is 0.230 e. The van der Waals surface area contributed by atoms with Gasteiger partial charge < -0.3 is 10.6 Å². The lowest BCUT2D eigenvalue weighted by molar-refractivity contribution is -0.121. The third kappa shape index (κ3) is 1.35. The first-order valence-corrected chi connectivity index (χ1v) is 5.91. The van der Waals surface area contributed by atoms with Gasteiger partial charge in [-0.3, -0.25) is 4.79 Å². The zero-order valence-electron chi connectivity index (χ0n) is 9.23. The van der Waals surface area contributed by atoms with Crippen LogP contribution in [0.2, 0.25) is 0 Å². The number of amides is 1. The fraction of sp³-hybridized carbons (Fsp3) is 0.462. The Labute approximate surface area is 95.2 Å². The maximum atomic E-state index is 12.0. The van der Waals surface area contributed by atoms with Crippen molar-refractivity contribution in [2.45, 2.75) is 31.8 Å². The Morgan fingerprint density at radius 3 is 2.56 bits per heavy atom. The van der Waals surface area contributed by atoms with Crippen LogP contribution in [-0.2, 0) is 11.3 Å².